The highest BCUT2D eigenvalue weighted by Gasteiger charge is 2.27. The van der Waals surface area contributed by atoms with Gasteiger partial charge in [0.05, 0.1) is 4.92 Å². The van der Waals surface area contributed by atoms with E-state index in [0.717, 1.165) is 0 Å². The van der Waals surface area contributed by atoms with Crippen LogP contribution in [0.4, 0.5) is 17.5 Å². The van der Waals surface area contributed by atoms with Crippen LogP contribution in [0.3, 0.4) is 0 Å². The minimum Gasteiger partial charge on any atom is -0.354 e. The summed E-state index contributed by atoms with van der Waals surface area (Å²) in [6.07, 6.45) is 1.27. The third-order valence-corrected chi connectivity index (χ3v) is 3.42. The molecule has 1 aliphatic rings. The molecule has 7 nitrogen and oxygen atoms in total. The molecule has 0 amide bonds. The summed E-state index contributed by atoms with van der Waals surface area (Å²) < 4.78 is 0. The zero-order valence-corrected chi connectivity index (χ0v) is 11.6. The van der Waals surface area contributed by atoms with E-state index in [0.29, 0.717) is 31.4 Å². The highest BCUT2D eigenvalue weighted by molar-refractivity contribution is 5.61. The van der Waals surface area contributed by atoms with Crippen LogP contribution in [0.2, 0.25) is 0 Å². The highest BCUT2D eigenvalue weighted by atomic mass is 16.6. The zero-order valence-electron chi connectivity index (χ0n) is 11.6. The van der Waals surface area contributed by atoms with Crippen LogP contribution in [0.25, 0.3) is 0 Å². The van der Waals surface area contributed by atoms with Gasteiger partial charge >= 0.3 is 5.69 Å². The molecule has 0 radical (unpaired) electrons. The molecule has 0 fully saturated rings. The van der Waals surface area contributed by atoms with Crippen LogP contribution >= 0.6 is 0 Å². The first-order valence-electron chi connectivity index (χ1n) is 6.76. The maximum absolute atomic E-state index is 11.2. The first-order valence-corrected chi connectivity index (χ1v) is 6.76. The van der Waals surface area contributed by atoms with Crippen LogP contribution in [0.5, 0.6) is 0 Å². The van der Waals surface area contributed by atoms with Crippen molar-refractivity contribution in [2.24, 2.45) is 0 Å². The van der Waals surface area contributed by atoms with E-state index >= 15 is 0 Å². The molecule has 1 aromatic carbocycles. The van der Waals surface area contributed by atoms with Crippen molar-refractivity contribution in [3.63, 3.8) is 0 Å². The molecule has 1 aromatic heterocycles. The average Bonchev–Trinajstić information content (AvgIpc) is 2.91. The molecule has 2 aromatic rings. The van der Waals surface area contributed by atoms with Crippen molar-refractivity contribution >= 4 is 17.5 Å². The molecule has 3 rings (SSSR count). The standard InChI is InChI=1S/C14H15N5O2/c1-2-15-14-16-7-12(19(20)21)13(17-14)18-8-10-5-3-4-6-11(10)9-18/h3-7H,2,8-9H2,1H3,(H,15,16,17). The van der Waals surface area contributed by atoms with Gasteiger partial charge in [-0.25, -0.2) is 4.98 Å². The third-order valence-electron chi connectivity index (χ3n) is 3.42. The first-order chi connectivity index (χ1) is 10.2. The van der Waals surface area contributed by atoms with Gasteiger partial charge < -0.3 is 10.2 Å². The fourth-order valence-corrected chi connectivity index (χ4v) is 2.45. The van der Waals surface area contributed by atoms with Crippen LogP contribution in [-0.4, -0.2) is 21.4 Å². The minimum absolute atomic E-state index is 0.0653. The molecule has 0 saturated carbocycles. The van der Waals surface area contributed by atoms with Crippen LogP contribution < -0.4 is 10.2 Å². The summed E-state index contributed by atoms with van der Waals surface area (Å²) in [5.74, 6) is 0.774. The van der Waals surface area contributed by atoms with Gasteiger partial charge in [0.25, 0.3) is 0 Å². The topological polar surface area (TPSA) is 84.2 Å². The SMILES string of the molecule is CCNc1ncc([N+](=O)[O-])c(N2Cc3ccccc3C2)n1. The normalized spacial score (nSPS) is 13.1. The van der Waals surface area contributed by atoms with Crippen molar-refractivity contribution in [2.45, 2.75) is 20.0 Å². The number of rotatable bonds is 4. The molecule has 7 heteroatoms. The molecule has 1 aliphatic heterocycles. The van der Waals surface area contributed by atoms with Crippen molar-refractivity contribution in [3.05, 3.63) is 51.7 Å². The van der Waals surface area contributed by atoms with Crippen molar-refractivity contribution in [1.29, 1.82) is 0 Å². The number of nitrogens with zero attached hydrogens (tertiary/aromatic N) is 4. The fourth-order valence-electron chi connectivity index (χ4n) is 2.45. The van der Waals surface area contributed by atoms with E-state index in [1.165, 1.54) is 17.3 Å². The van der Waals surface area contributed by atoms with E-state index in [2.05, 4.69) is 15.3 Å². The Morgan fingerprint density at radius 1 is 1.33 bits per heavy atom. The molecule has 108 valence electrons. The Morgan fingerprint density at radius 3 is 2.57 bits per heavy atom. The molecule has 0 aliphatic carbocycles. The molecule has 1 N–H and O–H groups in total. The number of nitrogens with one attached hydrogen (secondary N) is 1. The molecule has 2 heterocycles. The molecule has 21 heavy (non-hydrogen) atoms. The second-order valence-electron chi connectivity index (χ2n) is 4.81. The lowest BCUT2D eigenvalue weighted by Gasteiger charge is -2.16. The quantitative estimate of drug-likeness (QED) is 0.685. The van der Waals surface area contributed by atoms with Crippen LogP contribution in [-0.2, 0) is 13.1 Å². The van der Waals surface area contributed by atoms with Crippen molar-refractivity contribution in [3.8, 4) is 0 Å². The van der Waals surface area contributed by atoms with E-state index in [1.807, 2.05) is 36.1 Å². The van der Waals surface area contributed by atoms with Gasteiger partial charge in [0.2, 0.25) is 11.8 Å². The summed E-state index contributed by atoms with van der Waals surface area (Å²) >= 11 is 0. The maximum atomic E-state index is 11.2. The van der Waals surface area contributed by atoms with Crippen molar-refractivity contribution in [1.82, 2.24) is 9.97 Å². The molecule has 0 saturated heterocycles. The molecule has 0 bridgehead atoms. The second-order valence-corrected chi connectivity index (χ2v) is 4.81. The molecule has 0 spiro atoms. The maximum Gasteiger partial charge on any atom is 0.329 e. The summed E-state index contributed by atoms with van der Waals surface area (Å²) in [7, 11) is 0. The molecular formula is C14H15N5O2. The Kier molecular flexibility index (Phi) is 3.39. The number of hydrogen-bond acceptors (Lipinski definition) is 6. The van der Waals surface area contributed by atoms with Crippen LogP contribution in [0, 0.1) is 10.1 Å². The number of anilines is 2. The number of benzene rings is 1. The number of hydrogen-bond donors (Lipinski definition) is 1. The Morgan fingerprint density at radius 2 is 2.00 bits per heavy atom. The lowest BCUT2D eigenvalue weighted by molar-refractivity contribution is -0.384. The summed E-state index contributed by atoms with van der Waals surface area (Å²) in [5, 5.41) is 14.2. The lowest BCUT2D eigenvalue weighted by Crippen LogP contribution is -2.19. The van der Waals surface area contributed by atoms with Gasteiger partial charge in [-0.05, 0) is 18.1 Å². The first kappa shape index (κ1) is 13.3. The van der Waals surface area contributed by atoms with Gasteiger partial charge in [-0.1, -0.05) is 24.3 Å². The third kappa shape index (κ3) is 2.49. The van der Waals surface area contributed by atoms with Gasteiger partial charge in [0, 0.05) is 19.6 Å². The summed E-state index contributed by atoms with van der Waals surface area (Å²) in [5.41, 5.74) is 2.29. The van der Waals surface area contributed by atoms with Crippen LogP contribution in [0.15, 0.2) is 30.5 Å². The lowest BCUT2D eigenvalue weighted by atomic mass is 10.1. The predicted octanol–water partition coefficient (Wildman–Crippen LogP) is 2.34. The molecular weight excluding hydrogens is 270 g/mol. The molecule has 0 atom stereocenters. The highest BCUT2D eigenvalue weighted by Crippen LogP contribution is 2.33. The molecule has 0 unspecified atom stereocenters. The van der Waals surface area contributed by atoms with E-state index in [1.54, 1.807) is 0 Å². The van der Waals surface area contributed by atoms with Gasteiger partial charge in [-0.2, -0.15) is 4.98 Å². The smallest absolute Gasteiger partial charge is 0.329 e. The largest absolute Gasteiger partial charge is 0.354 e. The van der Waals surface area contributed by atoms with E-state index in [9.17, 15) is 10.1 Å². The summed E-state index contributed by atoms with van der Waals surface area (Å²) in [4.78, 5) is 21.0. The zero-order chi connectivity index (χ0) is 14.8. The summed E-state index contributed by atoms with van der Waals surface area (Å²) in [6, 6.07) is 8.02. The monoisotopic (exact) mass is 285 g/mol. The van der Waals surface area contributed by atoms with Gasteiger partial charge in [0.15, 0.2) is 0 Å². The van der Waals surface area contributed by atoms with E-state index < -0.39 is 4.92 Å². The van der Waals surface area contributed by atoms with Crippen molar-refractivity contribution in [2.75, 3.05) is 16.8 Å². The fraction of sp³-hybridized carbons (Fsp3) is 0.286. The average molecular weight is 285 g/mol. The van der Waals surface area contributed by atoms with Gasteiger partial charge in [-0.15, -0.1) is 0 Å². The number of aromatic nitrogens is 2. The number of fused-ring (bicyclic) bond motifs is 1. The van der Waals surface area contributed by atoms with Gasteiger partial charge in [0.1, 0.15) is 6.20 Å². The number of nitro groups is 1. The Bertz CT molecular complexity index is 664. The van der Waals surface area contributed by atoms with Crippen molar-refractivity contribution < 1.29 is 4.92 Å². The summed E-state index contributed by atoms with van der Waals surface area (Å²) in [6.45, 7) is 3.84. The Labute approximate surface area is 121 Å². The predicted molar refractivity (Wildman–Crippen MR) is 79.2 cm³/mol. The van der Waals surface area contributed by atoms with Crippen LogP contribution in [0.1, 0.15) is 18.1 Å². The van der Waals surface area contributed by atoms with E-state index in [-0.39, 0.29) is 5.69 Å². The second kappa shape index (κ2) is 5.35. The Balaban J connectivity index is 1.97. The minimum atomic E-state index is -0.436. The van der Waals surface area contributed by atoms with E-state index in [4.69, 9.17) is 0 Å². The Hall–Kier alpha value is -2.70. The van der Waals surface area contributed by atoms with Gasteiger partial charge in [-0.3, -0.25) is 10.1 Å².